The Bertz CT molecular complexity index is 1110. The first-order chi connectivity index (χ1) is 17.5. The fourth-order valence-corrected chi connectivity index (χ4v) is 5.37. The van der Waals surface area contributed by atoms with Gasteiger partial charge in [0.1, 0.15) is 5.82 Å². The van der Waals surface area contributed by atoms with Crippen molar-refractivity contribution in [1.29, 1.82) is 0 Å². The maximum absolute atomic E-state index is 15.3. The zero-order valence-corrected chi connectivity index (χ0v) is 21.6. The average Bonchev–Trinajstić information content (AvgIpc) is 2.85. The molecule has 0 bridgehead atoms. The fourth-order valence-electron chi connectivity index (χ4n) is 5.37. The van der Waals surface area contributed by atoms with Crippen molar-refractivity contribution in [3.8, 4) is 0 Å². The number of amides is 1. The highest BCUT2D eigenvalue weighted by molar-refractivity contribution is 6.00. The van der Waals surface area contributed by atoms with Gasteiger partial charge in [-0.1, -0.05) is 12.1 Å². The highest BCUT2D eigenvalue weighted by atomic mass is 19.4. The van der Waals surface area contributed by atoms with Crippen LogP contribution in [-0.2, 0) is 10.9 Å². The van der Waals surface area contributed by atoms with E-state index in [-0.39, 0.29) is 23.3 Å². The molecule has 1 atom stereocenters. The van der Waals surface area contributed by atoms with E-state index in [0.29, 0.717) is 48.4 Å². The molecule has 202 valence electrons. The number of piperidine rings is 1. The van der Waals surface area contributed by atoms with E-state index >= 15 is 4.39 Å². The van der Waals surface area contributed by atoms with Crippen molar-refractivity contribution in [2.75, 3.05) is 38.7 Å². The predicted molar refractivity (Wildman–Crippen MR) is 135 cm³/mol. The summed E-state index contributed by atoms with van der Waals surface area (Å²) in [6.07, 6.45) is -1.43. The third-order valence-electron chi connectivity index (χ3n) is 7.62. The van der Waals surface area contributed by atoms with Gasteiger partial charge in [0.2, 0.25) is 0 Å². The molecule has 4 rings (SSSR count). The number of carbonyl (C=O) groups is 1. The van der Waals surface area contributed by atoms with E-state index in [4.69, 9.17) is 4.74 Å². The number of nitrogens with zero attached hydrogens (tertiary/aromatic N) is 1. The Labute approximate surface area is 215 Å². The molecule has 0 radical (unpaired) electrons. The van der Waals surface area contributed by atoms with Gasteiger partial charge < -0.3 is 20.3 Å². The topological polar surface area (TPSA) is 53.6 Å². The van der Waals surface area contributed by atoms with Crippen LogP contribution in [0.5, 0.6) is 0 Å². The second-order valence-electron chi connectivity index (χ2n) is 10.2. The number of ether oxygens (including phenoxy) is 1. The van der Waals surface area contributed by atoms with Gasteiger partial charge in [-0.05, 0) is 100 Å². The molecule has 2 aromatic carbocycles. The zero-order chi connectivity index (χ0) is 26.7. The van der Waals surface area contributed by atoms with Crippen LogP contribution in [-0.4, -0.2) is 50.2 Å². The molecule has 2 fully saturated rings. The first-order valence-corrected chi connectivity index (χ1v) is 12.9. The first kappa shape index (κ1) is 27.4. The van der Waals surface area contributed by atoms with E-state index < -0.39 is 23.7 Å². The van der Waals surface area contributed by atoms with Crippen molar-refractivity contribution in [2.45, 2.75) is 63.7 Å². The van der Waals surface area contributed by atoms with Crippen molar-refractivity contribution in [2.24, 2.45) is 0 Å². The Morgan fingerprint density at radius 2 is 1.78 bits per heavy atom. The first-order valence-electron chi connectivity index (χ1n) is 12.9. The number of benzene rings is 2. The van der Waals surface area contributed by atoms with Crippen LogP contribution in [0.15, 0.2) is 30.3 Å². The number of hydrogen-bond donors (Lipinski definition) is 2. The van der Waals surface area contributed by atoms with Gasteiger partial charge in [0, 0.05) is 19.3 Å². The SMILES string of the molecule is Cc1c([C@@H](C)NC(=O)c2cc(C3CCOCC3)c(F)cc2NC2CCN(C)CC2)cccc1C(F)(F)F. The van der Waals surface area contributed by atoms with Gasteiger partial charge in [0.15, 0.2) is 0 Å². The van der Waals surface area contributed by atoms with Gasteiger partial charge in [-0.25, -0.2) is 4.39 Å². The van der Waals surface area contributed by atoms with Crippen LogP contribution in [0.25, 0.3) is 0 Å². The summed E-state index contributed by atoms with van der Waals surface area (Å²) in [4.78, 5) is 15.8. The van der Waals surface area contributed by atoms with Crippen LogP contribution in [0.3, 0.4) is 0 Å². The Morgan fingerprint density at radius 1 is 1.11 bits per heavy atom. The molecule has 2 N–H and O–H groups in total. The van der Waals surface area contributed by atoms with Gasteiger partial charge >= 0.3 is 6.18 Å². The van der Waals surface area contributed by atoms with E-state index in [1.165, 1.54) is 19.1 Å². The maximum Gasteiger partial charge on any atom is 0.416 e. The lowest BCUT2D eigenvalue weighted by Crippen LogP contribution is -2.37. The quantitative estimate of drug-likeness (QED) is 0.455. The molecule has 37 heavy (non-hydrogen) atoms. The summed E-state index contributed by atoms with van der Waals surface area (Å²) >= 11 is 0. The van der Waals surface area contributed by atoms with E-state index in [9.17, 15) is 18.0 Å². The van der Waals surface area contributed by atoms with Crippen LogP contribution in [0.1, 0.15) is 77.2 Å². The Balaban J connectivity index is 1.63. The van der Waals surface area contributed by atoms with Gasteiger partial charge in [-0.15, -0.1) is 0 Å². The lowest BCUT2D eigenvalue weighted by molar-refractivity contribution is -0.138. The fraction of sp³-hybridized carbons (Fsp3) is 0.536. The van der Waals surface area contributed by atoms with Crippen molar-refractivity contribution in [3.05, 3.63) is 64.0 Å². The second-order valence-corrected chi connectivity index (χ2v) is 10.2. The molecule has 1 amide bonds. The van der Waals surface area contributed by atoms with Crippen LogP contribution in [0.4, 0.5) is 23.2 Å². The third kappa shape index (κ3) is 6.44. The molecule has 0 spiro atoms. The number of rotatable bonds is 6. The van der Waals surface area contributed by atoms with Gasteiger partial charge in [0.05, 0.1) is 22.9 Å². The highest BCUT2D eigenvalue weighted by Gasteiger charge is 2.33. The van der Waals surface area contributed by atoms with Gasteiger partial charge in [0.25, 0.3) is 5.91 Å². The molecule has 2 heterocycles. The molecule has 9 heteroatoms. The molecular formula is C28H35F4N3O2. The molecule has 2 aliphatic rings. The number of alkyl halides is 3. The van der Waals surface area contributed by atoms with E-state index in [1.807, 2.05) is 0 Å². The number of carbonyl (C=O) groups excluding carboxylic acids is 1. The summed E-state index contributed by atoms with van der Waals surface area (Å²) in [7, 11) is 2.05. The number of anilines is 1. The molecule has 0 aliphatic carbocycles. The molecule has 5 nitrogen and oxygen atoms in total. The van der Waals surface area contributed by atoms with E-state index in [0.717, 1.165) is 32.0 Å². The van der Waals surface area contributed by atoms with Crippen molar-refractivity contribution < 1.29 is 27.1 Å². The summed E-state index contributed by atoms with van der Waals surface area (Å²) in [6, 6.07) is 6.41. The summed E-state index contributed by atoms with van der Waals surface area (Å²) in [6.45, 7) is 5.93. The van der Waals surface area contributed by atoms with E-state index in [2.05, 4.69) is 22.6 Å². The Hall–Kier alpha value is -2.65. The molecule has 0 unspecified atom stereocenters. The lowest BCUT2D eigenvalue weighted by atomic mass is 9.89. The van der Waals surface area contributed by atoms with Crippen molar-refractivity contribution >= 4 is 11.6 Å². The number of halogens is 4. The molecule has 0 saturated carbocycles. The van der Waals surface area contributed by atoms with Crippen LogP contribution in [0, 0.1) is 12.7 Å². The summed E-state index contributed by atoms with van der Waals surface area (Å²) in [5, 5.41) is 6.24. The number of nitrogens with one attached hydrogen (secondary N) is 2. The molecule has 2 aliphatic heterocycles. The average molecular weight is 522 g/mol. The lowest BCUT2D eigenvalue weighted by Gasteiger charge is -2.31. The Morgan fingerprint density at radius 3 is 2.43 bits per heavy atom. The van der Waals surface area contributed by atoms with Gasteiger partial charge in [-0.3, -0.25) is 4.79 Å². The maximum atomic E-state index is 15.3. The smallest absolute Gasteiger partial charge is 0.381 e. The molecule has 2 aromatic rings. The monoisotopic (exact) mass is 521 g/mol. The standard InChI is InChI=1S/C28H35F4N3O2/c1-17-21(5-4-6-24(17)28(30,31)32)18(2)33-27(36)23-15-22(19-9-13-37-14-10-19)25(29)16-26(23)34-20-7-11-35(3)12-8-20/h4-6,15-16,18-20,34H,7-14H2,1-3H3,(H,33,36)/t18-/m1/s1. The van der Waals surface area contributed by atoms with Gasteiger partial charge in [-0.2, -0.15) is 13.2 Å². The molecule has 2 saturated heterocycles. The zero-order valence-electron chi connectivity index (χ0n) is 21.6. The second kappa shape index (κ2) is 11.4. The number of hydrogen-bond acceptors (Lipinski definition) is 4. The summed E-state index contributed by atoms with van der Waals surface area (Å²) in [5.41, 5.74) is 0.936. The largest absolute Gasteiger partial charge is 0.416 e. The minimum atomic E-state index is -4.48. The minimum absolute atomic E-state index is 0.0548. The predicted octanol–water partition coefficient (Wildman–Crippen LogP) is 6.04. The summed E-state index contributed by atoms with van der Waals surface area (Å²) < 4.78 is 61.0. The number of likely N-dealkylation sites (tertiary alicyclic amines) is 1. The summed E-state index contributed by atoms with van der Waals surface area (Å²) in [5.74, 6) is -0.866. The molecule has 0 aromatic heterocycles. The van der Waals surface area contributed by atoms with Crippen molar-refractivity contribution in [1.82, 2.24) is 10.2 Å². The van der Waals surface area contributed by atoms with Crippen molar-refractivity contribution in [3.63, 3.8) is 0 Å². The van der Waals surface area contributed by atoms with Crippen LogP contribution >= 0.6 is 0 Å². The third-order valence-corrected chi connectivity index (χ3v) is 7.62. The van der Waals surface area contributed by atoms with Crippen LogP contribution < -0.4 is 10.6 Å². The van der Waals surface area contributed by atoms with E-state index in [1.54, 1.807) is 19.1 Å². The molecular weight excluding hydrogens is 486 g/mol. The normalized spacial score (nSPS) is 19.0. The minimum Gasteiger partial charge on any atom is -0.381 e. The Kier molecular flexibility index (Phi) is 8.43. The van der Waals surface area contributed by atoms with Crippen LogP contribution in [0.2, 0.25) is 0 Å². The highest BCUT2D eigenvalue weighted by Crippen LogP contribution is 2.36.